The molecule has 3 rings (SSSR count). The summed E-state index contributed by atoms with van der Waals surface area (Å²) in [5.74, 6) is 0.739. The quantitative estimate of drug-likeness (QED) is 0.746. The van der Waals surface area contributed by atoms with Crippen LogP contribution in [0.2, 0.25) is 0 Å². The van der Waals surface area contributed by atoms with E-state index in [0.717, 1.165) is 27.6 Å². The molecule has 0 spiro atoms. The van der Waals surface area contributed by atoms with E-state index in [0.29, 0.717) is 12.2 Å². The number of carbonyl (C=O) groups is 1. The molecule has 0 bridgehead atoms. The average molecular weight is 279 g/mol. The van der Waals surface area contributed by atoms with Crippen LogP contribution in [0.4, 0.5) is 0 Å². The summed E-state index contributed by atoms with van der Waals surface area (Å²) in [5.41, 5.74) is 3.58. The van der Waals surface area contributed by atoms with Gasteiger partial charge in [0.15, 0.2) is 0 Å². The highest BCUT2D eigenvalue weighted by Crippen LogP contribution is 2.31. The van der Waals surface area contributed by atoms with E-state index in [1.807, 2.05) is 31.2 Å². The molecule has 104 valence electrons. The molecule has 0 aliphatic heterocycles. The number of phenols is 1. The Labute approximate surface area is 121 Å². The molecule has 0 saturated heterocycles. The minimum atomic E-state index is 0.277. The van der Waals surface area contributed by atoms with Gasteiger partial charge in [0, 0.05) is 17.6 Å². The molecule has 21 heavy (non-hydrogen) atoms. The number of hydrogen-bond acceptors (Lipinski definition) is 4. The maximum absolute atomic E-state index is 10.4. The lowest BCUT2D eigenvalue weighted by atomic mass is 9.99. The smallest absolute Gasteiger partial charge is 0.298 e. The summed E-state index contributed by atoms with van der Waals surface area (Å²) in [6.07, 6.45) is 1.71. The van der Waals surface area contributed by atoms with Crippen molar-refractivity contribution in [2.75, 3.05) is 0 Å². The van der Waals surface area contributed by atoms with E-state index in [1.165, 1.54) is 0 Å². The van der Waals surface area contributed by atoms with Crippen molar-refractivity contribution in [1.29, 1.82) is 0 Å². The molecule has 4 nitrogen and oxygen atoms in total. The number of aromatic nitrogens is 1. The fourth-order valence-electron chi connectivity index (χ4n) is 2.33. The molecule has 1 aromatic heterocycles. The zero-order valence-electron chi connectivity index (χ0n) is 11.4. The van der Waals surface area contributed by atoms with Gasteiger partial charge in [-0.2, -0.15) is 0 Å². The number of rotatable bonds is 3. The predicted octanol–water partition coefficient (Wildman–Crippen LogP) is 3.45. The molecule has 0 unspecified atom stereocenters. The number of aryl methyl sites for hydroxylation is 1. The Balaban J connectivity index is 2.18. The van der Waals surface area contributed by atoms with Crippen LogP contribution < -0.4 is 4.74 Å². The molecule has 1 heterocycles. The summed E-state index contributed by atoms with van der Waals surface area (Å²) >= 11 is 0. The van der Waals surface area contributed by atoms with Crippen LogP contribution in [0.3, 0.4) is 0 Å². The Morgan fingerprint density at radius 1 is 1.14 bits per heavy atom. The summed E-state index contributed by atoms with van der Waals surface area (Å²) in [7, 11) is 0. The predicted molar refractivity (Wildman–Crippen MR) is 80.3 cm³/mol. The second-order valence-corrected chi connectivity index (χ2v) is 4.75. The first-order valence-corrected chi connectivity index (χ1v) is 6.48. The fourth-order valence-corrected chi connectivity index (χ4v) is 2.33. The molecule has 3 aromatic rings. The second-order valence-electron chi connectivity index (χ2n) is 4.75. The Morgan fingerprint density at radius 2 is 2.00 bits per heavy atom. The topological polar surface area (TPSA) is 59.4 Å². The highest BCUT2D eigenvalue weighted by Gasteiger charge is 2.07. The number of carbonyl (C=O) groups excluding carboxylic acids is 1. The van der Waals surface area contributed by atoms with Crippen molar-refractivity contribution in [3.05, 3.63) is 54.2 Å². The summed E-state index contributed by atoms with van der Waals surface area (Å²) in [5, 5.41) is 10.6. The van der Waals surface area contributed by atoms with Crippen LogP contribution in [0.5, 0.6) is 11.5 Å². The standard InChI is InChI=1S/C17H13NO3/c1-11-8-12(2-5-17(11)20)14-6-7-18-16-9-13(21-10-19)3-4-15(14)16/h2-10,20H,1H3. The third kappa shape index (κ3) is 2.43. The fraction of sp³-hybridized carbons (Fsp3) is 0.0588. The Kier molecular flexibility index (Phi) is 3.28. The van der Waals surface area contributed by atoms with Gasteiger partial charge in [-0.05, 0) is 53.9 Å². The molecule has 0 saturated carbocycles. The summed E-state index contributed by atoms with van der Waals surface area (Å²) in [6.45, 7) is 2.26. The third-order valence-corrected chi connectivity index (χ3v) is 3.41. The molecule has 2 aromatic carbocycles. The van der Waals surface area contributed by atoms with Gasteiger partial charge in [-0.25, -0.2) is 0 Å². The lowest BCUT2D eigenvalue weighted by Gasteiger charge is -2.09. The first-order valence-electron chi connectivity index (χ1n) is 6.48. The van der Waals surface area contributed by atoms with Gasteiger partial charge >= 0.3 is 0 Å². The molecular weight excluding hydrogens is 266 g/mol. The van der Waals surface area contributed by atoms with E-state index >= 15 is 0 Å². The second kappa shape index (κ2) is 5.25. The van der Waals surface area contributed by atoms with Crippen LogP contribution in [0.1, 0.15) is 5.56 Å². The minimum Gasteiger partial charge on any atom is -0.508 e. The number of pyridine rings is 1. The highest BCUT2D eigenvalue weighted by molar-refractivity contribution is 5.95. The third-order valence-electron chi connectivity index (χ3n) is 3.41. The monoisotopic (exact) mass is 279 g/mol. The van der Waals surface area contributed by atoms with Gasteiger partial charge in [0.1, 0.15) is 11.5 Å². The Hall–Kier alpha value is -2.88. The normalized spacial score (nSPS) is 10.5. The van der Waals surface area contributed by atoms with Gasteiger partial charge < -0.3 is 9.84 Å². The van der Waals surface area contributed by atoms with Crippen LogP contribution in [-0.2, 0) is 4.79 Å². The minimum absolute atomic E-state index is 0.277. The van der Waals surface area contributed by atoms with Crippen LogP contribution in [0.25, 0.3) is 22.0 Å². The largest absolute Gasteiger partial charge is 0.508 e. The Bertz CT molecular complexity index is 827. The average Bonchev–Trinajstić information content (AvgIpc) is 2.49. The van der Waals surface area contributed by atoms with Gasteiger partial charge in [-0.3, -0.25) is 9.78 Å². The van der Waals surface area contributed by atoms with Crippen LogP contribution in [0.15, 0.2) is 48.7 Å². The van der Waals surface area contributed by atoms with Crippen LogP contribution in [-0.4, -0.2) is 16.6 Å². The molecule has 0 atom stereocenters. The van der Waals surface area contributed by atoms with E-state index in [2.05, 4.69) is 4.98 Å². The van der Waals surface area contributed by atoms with Crippen molar-refractivity contribution in [3.63, 3.8) is 0 Å². The van der Waals surface area contributed by atoms with Crippen molar-refractivity contribution in [1.82, 2.24) is 4.98 Å². The molecule has 4 heteroatoms. The van der Waals surface area contributed by atoms with E-state index in [-0.39, 0.29) is 5.75 Å². The maximum atomic E-state index is 10.4. The van der Waals surface area contributed by atoms with Crippen LogP contribution in [0, 0.1) is 6.92 Å². The van der Waals surface area contributed by atoms with E-state index in [1.54, 1.807) is 24.4 Å². The van der Waals surface area contributed by atoms with Gasteiger partial charge in [-0.15, -0.1) is 0 Å². The first-order chi connectivity index (χ1) is 10.2. The van der Waals surface area contributed by atoms with Gasteiger partial charge in [-0.1, -0.05) is 6.07 Å². The van der Waals surface area contributed by atoms with Gasteiger partial charge in [0.2, 0.25) is 0 Å². The van der Waals surface area contributed by atoms with Gasteiger partial charge in [0.05, 0.1) is 5.52 Å². The van der Waals surface area contributed by atoms with E-state index < -0.39 is 0 Å². The molecule has 0 amide bonds. The number of fused-ring (bicyclic) bond motifs is 1. The molecular formula is C17H13NO3. The Morgan fingerprint density at radius 3 is 2.76 bits per heavy atom. The molecule has 1 N–H and O–H groups in total. The molecule has 0 fully saturated rings. The first kappa shape index (κ1) is 13.1. The SMILES string of the molecule is Cc1cc(-c2ccnc3cc(OC=O)ccc23)ccc1O. The lowest BCUT2D eigenvalue weighted by Crippen LogP contribution is -1.90. The maximum Gasteiger partial charge on any atom is 0.298 e. The zero-order valence-corrected chi connectivity index (χ0v) is 11.4. The number of phenolic OH excluding ortho intramolecular Hbond substituents is 1. The van der Waals surface area contributed by atoms with Crippen molar-refractivity contribution < 1.29 is 14.6 Å². The number of aromatic hydroxyl groups is 1. The summed E-state index contributed by atoms with van der Waals surface area (Å²) in [4.78, 5) is 14.7. The number of benzene rings is 2. The zero-order chi connectivity index (χ0) is 14.8. The lowest BCUT2D eigenvalue weighted by molar-refractivity contribution is -0.120. The molecule has 0 aliphatic rings. The summed E-state index contributed by atoms with van der Waals surface area (Å²) in [6, 6.07) is 12.7. The van der Waals surface area contributed by atoms with E-state index in [9.17, 15) is 9.90 Å². The summed E-state index contributed by atoms with van der Waals surface area (Å²) < 4.78 is 4.84. The molecule has 0 aliphatic carbocycles. The number of ether oxygens (including phenoxy) is 1. The number of nitrogens with zero attached hydrogens (tertiary/aromatic N) is 1. The van der Waals surface area contributed by atoms with Crippen molar-refractivity contribution in [3.8, 4) is 22.6 Å². The highest BCUT2D eigenvalue weighted by atomic mass is 16.5. The molecule has 0 radical (unpaired) electrons. The van der Waals surface area contributed by atoms with Crippen molar-refractivity contribution >= 4 is 17.4 Å². The van der Waals surface area contributed by atoms with E-state index in [4.69, 9.17) is 4.74 Å². The van der Waals surface area contributed by atoms with Crippen molar-refractivity contribution in [2.24, 2.45) is 0 Å². The number of hydrogen-bond donors (Lipinski definition) is 1. The van der Waals surface area contributed by atoms with Crippen LogP contribution >= 0.6 is 0 Å². The van der Waals surface area contributed by atoms with Crippen molar-refractivity contribution in [2.45, 2.75) is 6.92 Å². The van der Waals surface area contributed by atoms with Gasteiger partial charge in [0.25, 0.3) is 6.47 Å².